The van der Waals surface area contributed by atoms with Gasteiger partial charge in [0, 0.05) is 42.9 Å². The van der Waals surface area contributed by atoms with Crippen LogP contribution in [0.3, 0.4) is 0 Å². The van der Waals surface area contributed by atoms with Crippen molar-refractivity contribution in [2.45, 2.75) is 13.5 Å². The van der Waals surface area contributed by atoms with Gasteiger partial charge in [-0.25, -0.2) is 4.79 Å². The van der Waals surface area contributed by atoms with Gasteiger partial charge in [-0.1, -0.05) is 15.9 Å². The standard InChI is InChI=1S/C15H22BrN3O2/c1-3-21-15(20)19-8-6-18(7-9-19)14-5-4-13(16)10-12(14)11-17-2/h4-5,10,17H,3,6-9,11H2,1-2H3. The highest BCUT2D eigenvalue weighted by Crippen LogP contribution is 2.25. The molecule has 2 rings (SSSR count). The van der Waals surface area contributed by atoms with Crippen molar-refractivity contribution in [1.29, 1.82) is 0 Å². The second kappa shape index (κ2) is 7.66. The smallest absolute Gasteiger partial charge is 0.409 e. The molecule has 0 aliphatic carbocycles. The second-order valence-corrected chi connectivity index (χ2v) is 5.89. The number of ether oxygens (including phenoxy) is 1. The predicted molar refractivity (Wildman–Crippen MR) is 87.7 cm³/mol. The van der Waals surface area contributed by atoms with E-state index < -0.39 is 0 Å². The third kappa shape index (κ3) is 4.11. The van der Waals surface area contributed by atoms with Crippen LogP contribution < -0.4 is 10.2 Å². The van der Waals surface area contributed by atoms with Gasteiger partial charge in [-0.3, -0.25) is 0 Å². The molecule has 0 atom stereocenters. The monoisotopic (exact) mass is 355 g/mol. The third-order valence-corrected chi connectivity index (χ3v) is 4.05. The largest absolute Gasteiger partial charge is 0.450 e. The zero-order valence-electron chi connectivity index (χ0n) is 12.6. The van der Waals surface area contributed by atoms with Crippen LogP contribution in [0.2, 0.25) is 0 Å². The van der Waals surface area contributed by atoms with Gasteiger partial charge in [-0.2, -0.15) is 0 Å². The van der Waals surface area contributed by atoms with E-state index in [1.165, 1.54) is 11.3 Å². The lowest BCUT2D eigenvalue weighted by molar-refractivity contribution is 0.105. The maximum atomic E-state index is 11.7. The molecule has 0 spiro atoms. The zero-order valence-corrected chi connectivity index (χ0v) is 14.1. The second-order valence-electron chi connectivity index (χ2n) is 4.98. The summed E-state index contributed by atoms with van der Waals surface area (Å²) >= 11 is 3.52. The number of carbonyl (C=O) groups is 1. The summed E-state index contributed by atoms with van der Waals surface area (Å²) < 4.78 is 6.14. The van der Waals surface area contributed by atoms with Gasteiger partial charge < -0.3 is 19.9 Å². The molecule has 0 saturated carbocycles. The van der Waals surface area contributed by atoms with Crippen LogP contribution in [0.15, 0.2) is 22.7 Å². The van der Waals surface area contributed by atoms with E-state index in [2.05, 4.69) is 44.3 Å². The van der Waals surface area contributed by atoms with E-state index >= 15 is 0 Å². The molecule has 0 bridgehead atoms. The van der Waals surface area contributed by atoms with E-state index in [1.54, 1.807) is 4.90 Å². The highest BCUT2D eigenvalue weighted by Gasteiger charge is 2.23. The molecule has 1 fully saturated rings. The number of hydrogen-bond donors (Lipinski definition) is 1. The van der Waals surface area contributed by atoms with Crippen LogP contribution in [0.4, 0.5) is 10.5 Å². The Bertz CT molecular complexity index is 488. The first-order chi connectivity index (χ1) is 10.2. The first kappa shape index (κ1) is 16.1. The number of anilines is 1. The van der Waals surface area contributed by atoms with Crippen molar-refractivity contribution in [2.75, 3.05) is 44.7 Å². The van der Waals surface area contributed by atoms with Gasteiger partial charge >= 0.3 is 6.09 Å². The minimum Gasteiger partial charge on any atom is -0.450 e. The highest BCUT2D eigenvalue weighted by atomic mass is 79.9. The zero-order chi connectivity index (χ0) is 15.2. The van der Waals surface area contributed by atoms with E-state index in [-0.39, 0.29) is 6.09 Å². The fraction of sp³-hybridized carbons (Fsp3) is 0.533. The number of carbonyl (C=O) groups excluding carboxylic acids is 1. The van der Waals surface area contributed by atoms with Crippen molar-refractivity contribution >= 4 is 27.7 Å². The number of piperazine rings is 1. The number of amides is 1. The molecule has 1 saturated heterocycles. The van der Waals surface area contributed by atoms with Crippen LogP contribution >= 0.6 is 15.9 Å². The highest BCUT2D eigenvalue weighted by molar-refractivity contribution is 9.10. The summed E-state index contributed by atoms with van der Waals surface area (Å²) in [5, 5.41) is 3.20. The maximum Gasteiger partial charge on any atom is 0.409 e. The molecule has 0 unspecified atom stereocenters. The van der Waals surface area contributed by atoms with Crippen molar-refractivity contribution in [1.82, 2.24) is 10.2 Å². The molecule has 1 N–H and O–H groups in total. The number of nitrogens with zero attached hydrogens (tertiary/aromatic N) is 2. The van der Waals surface area contributed by atoms with E-state index in [9.17, 15) is 4.79 Å². The molecule has 0 aromatic heterocycles. The van der Waals surface area contributed by atoms with E-state index in [0.29, 0.717) is 19.7 Å². The summed E-state index contributed by atoms with van der Waals surface area (Å²) in [7, 11) is 1.95. The number of benzene rings is 1. The van der Waals surface area contributed by atoms with Gasteiger partial charge in [0.25, 0.3) is 0 Å². The van der Waals surface area contributed by atoms with Crippen LogP contribution in [0.1, 0.15) is 12.5 Å². The lowest BCUT2D eigenvalue weighted by Crippen LogP contribution is -2.49. The lowest BCUT2D eigenvalue weighted by atomic mass is 10.1. The minimum absolute atomic E-state index is 0.205. The molecule has 1 heterocycles. The van der Waals surface area contributed by atoms with Crippen LogP contribution in [0.5, 0.6) is 0 Å². The van der Waals surface area contributed by atoms with E-state index in [0.717, 1.165) is 24.1 Å². The Morgan fingerprint density at radius 3 is 2.67 bits per heavy atom. The summed E-state index contributed by atoms with van der Waals surface area (Å²) in [6.07, 6.45) is -0.205. The fourth-order valence-electron chi connectivity index (χ4n) is 2.54. The predicted octanol–water partition coefficient (Wildman–Crippen LogP) is 2.45. The quantitative estimate of drug-likeness (QED) is 0.900. The molecule has 1 aromatic rings. The topological polar surface area (TPSA) is 44.8 Å². The van der Waals surface area contributed by atoms with Crippen molar-refractivity contribution < 1.29 is 9.53 Å². The summed E-state index contributed by atoms with van der Waals surface area (Å²) in [4.78, 5) is 15.8. The molecule has 21 heavy (non-hydrogen) atoms. The molecule has 116 valence electrons. The molecule has 0 radical (unpaired) electrons. The van der Waals surface area contributed by atoms with E-state index in [1.807, 2.05) is 14.0 Å². The van der Waals surface area contributed by atoms with Gasteiger partial charge in [0.05, 0.1) is 6.61 Å². The lowest BCUT2D eigenvalue weighted by Gasteiger charge is -2.36. The summed E-state index contributed by atoms with van der Waals surface area (Å²) in [6, 6.07) is 6.34. The molecule has 1 aliphatic heterocycles. The van der Waals surface area contributed by atoms with Gasteiger partial charge in [0.15, 0.2) is 0 Å². The molecule has 1 aliphatic rings. The van der Waals surface area contributed by atoms with Crippen molar-refractivity contribution in [3.8, 4) is 0 Å². The van der Waals surface area contributed by atoms with Gasteiger partial charge in [-0.15, -0.1) is 0 Å². The third-order valence-electron chi connectivity index (χ3n) is 3.56. The Morgan fingerprint density at radius 2 is 2.05 bits per heavy atom. The Morgan fingerprint density at radius 1 is 1.33 bits per heavy atom. The molecule has 1 aromatic carbocycles. The summed E-state index contributed by atoms with van der Waals surface area (Å²) in [6.45, 7) is 6.15. The Hall–Kier alpha value is -1.27. The maximum absolute atomic E-state index is 11.7. The van der Waals surface area contributed by atoms with Crippen LogP contribution in [0, 0.1) is 0 Å². The van der Waals surface area contributed by atoms with Crippen LogP contribution in [0.25, 0.3) is 0 Å². The molecular weight excluding hydrogens is 334 g/mol. The molecular formula is C15H22BrN3O2. The summed E-state index contributed by atoms with van der Waals surface area (Å²) in [5.74, 6) is 0. The minimum atomic E-state index is -0.205. The molecule has 1 amide bonds. The number of hydrogen-bond acceptors (Lipinski definition) is 4. The summed E-state index contributed by atoms with van der Waals surface area (Å²) in [5.41, 5.74) is 2.49. The van der Waals surface area contributed by atoms with Gasteiger partial charge in [0.2, 0.25) is 0 Å². The fourth-order valence-corrected chi connectivity index (χ4v) is 2.95. The molecule has 6 heteroatoms. The number of halogens is 1. The Labute approximate surface area is 134 Å². The Kier molecular flexibility index (Phi) is 5.87. The van der Waals surface area contributed by atoms with Crippen molar-refractivity contribution in [2.24, 2.45) is 0 Å². The SMILES string of the molecule is CCOC(=O)N1CCN(c2ccc(Br)cc2CNC)CC1. The van der Waals surface area contributed by atoms with Crippen molar-refractivity contribution in [3.63, 3.8) is 0 Å². The normalized spacial score (nSPS) is 15.2. The molecule has 5 nitrogen and oxygen atoms in total. The number of rotatable bonds is 4. The average Bonchev–Trinajstić information content (AvgIpc) is 2.48. The first-order valence-corrected chi connectivity index (χ1v) is 8.04. The van der Waals surface area contributed by atoms with Gasteiger partial charge in [0.1, 0.15) is 0 Å². The van der Waals surface area contributed by atoms with Gasteiger partial charge in [-0.05, 0) is 37.7 Å². The van der Waals surface area contributed by atoms with Crippen LogP contribution in [-0.4, -0.2) is 50.8 Å². The number of nitrogens with one attached hydrogen (secondary N) is 1. The van der Waals surface area contributed by atoms with Crippen molar-refractivity contribution in [3.05, 3.63) is 28.2 Å². The average molecular weight is 356 g/mol. The van der Waals surface area contributed by atoms with Crippen LogP contribution in [-0.2, 0) is 11.3 Å². The first-order valence-electron chi connectivity index (χ1n) is 7.25. The van der Waals surface area contributed by atoms with E-state index in [4.69, 9.17) is 4.74 Å². The Balaban J connectivity index is 2.03.